The number of benzene rings is 2. The summed E-state index contributed by atoms with van der Waals surface area (Å²) in [4.78, 5) is 45.8. The Bertz CT molecular complexity index is 1270. The predicted molar refractivity (Wildman–Crippen MR) is 122 cm³/mol. The first-order chi connectivity index (χ1) is 16.4. The molecule has 1 fully saturated rings. The number of amides is 1. The minimum absolute atomic E-state index is 0.0354. The van der Waals surface area contributed by atoms with E-state index in [1.165, 1.54) is 0 Å². The third-order valence-electron chi connectivity index (χ3n) is 6.17. The Morgan fingerprint density at radius 3 is 2.53 bits per heavy atom. The Morgan fingerprint density at radius 1 is 1.15 bits per heavy atom. The monoisotopic (exact) mass is 469 g/mol. The molecule has 2 aromatic carbocycles. The van der Waals surface area contributed by atoms with Crippen LogP contribution < -0.4 is 10.3 Å². The van der Waals surface area contributed by atoms with Gasteiger partial charge in [0, 0.05) is 43.5 Å². The molecule has 178 valence electrons. The van der Waals surface area contributed by atoms with Gasteiger partial charge in [0.05, 0.1) is 12.5 Å². The Hall–Kier alpha value is -3.62. The van der Waals surface area contributed by atoms with Crippen molar-refractivity contribution >= 4 is 22.6 Å². The first-order valence-electron chi connectivity index (χ1n) is 11.2. The zero-order valence-electron chi connectivity index (χ0n) is 18.8. The Balaban J connectivity index is 1.28. The molecule has 9 heteroatoms. The average Bonchev–Trinajstić information content (AvgIpc) is 2.84. The van der Waals surface area contributed by atoms with Gasteiger partial charge in [0.15, 0.2) is 11.6 Å². The second kappa shape index (κ2) is 10.1. The van der Waals surface area contributed by atoms with Crippen LogP contribution in [0.1, 0.15) is 41.9 Å². The summed E-state index contributed by atoms with van der Waals surface area (Å²) in [5, 5.41) is -0.149. The molecule has 0 spiro atoms. The number of rotatable bonds is 7. The van der Waals surface area contributed by atoms with Crippen LogP contribution >= 0.6 is 0 Å². The Morgan fingerprint density at radius 2 is 1.85 bits per heavy atom. The van der Waals surface area contributed by atoms with E-state index in [-0.39, 0.29) is 47.2 Å². The van der Waals surface area contributed by atoms with Gasteiger partial charge in [-0.2, -0.15) is 0 Å². The summed E-state index contributed by atoms with van der Waals surface area (Å²) in [6.07, 6.45) is 2.14. The van der Waals surface area contributed by atoms with Crippen molar-refractivity contribution in [1.29, 1.82) is 0 Å². The fourth-order valence-corrected chi connectivity index (χ4v) is 4.28. The summed E-state index contributed by atoms with van der Waals surface area (Å²) in [7, 11) is 1.57. The number of H-pyrrole nitrogens is 1. The van der Waals surface area contributed by atoms with Gasteiger partial charge in [-0.05, 0) is 49.6 Å². The molecule has 0 unspecified atom stereocenters. The fraction of sp³-hybridized carbons (Fsp3) is 0.360. The molecule has 3 aromatic rings. The van der Waals surface area contributed by atoms with E-state index in [0.29, 0.717) is 49.7 Å². The zero-order chi connectivity index (χ0) is 24.2. The van der Waals surface area contributed by atoms with Gasteiger partial charge in [-0.25, -0.2) is 13.8 Å². The molecule has 1 aromatic heterocycles. The molecule has 1 aliphatic rings. The maximum absolute atomic E-state index is 14.0. The number of ether oxygens (including phenoxy) is 1. The fourth-order valence-electron chi connectivity index (χ4n) is 4.28. The minimum atomic E-state index is -0.898. The number of nitrogens with zero attached hydrogens (tertiary/aromatic N) is 2. The highest BCUT2D eigenvalue weighted by Gasteiger charge is 2.27. The number of aromatic amines is 1. The number of piperidine rings is 1. The number of hydrogen-bond donors (Lipinski definition) is 1. The van der Waals surface area contributed by atoms with E-state index < -0.39 is 17.2 Å². The molecule has 7 nitrogen and oxygen atoms in total. The summed E-state index contributed by atoms with van der Waals surface area (Å²) in [6.45, 7) is 1.01. The van der Waals surface area contributed by atoms with Crippen LogP contribution in [-0.2, 0) is 11.2 Å². The lowest BCUT2D eigenvalue weighted by atomic mass is 9.88. The zero-order valence-corrected chi connectivity index (χ0v) is 18.8. The lowest BCUT2D eigenvalue weighted by molar-refractivity contribution is -0.132. The topological polar surface area (TPSA) is 92.4 Å². The summed E-state index contributed by atoms with van der Waals surface area (Å²) in [5.74, 6) is -0.877. The van der Waals surface area contributed by atoms with Gasteiger partial charge < -0.3 is 14.6 Å². The van der Waals surface area contributed by atoms with Crippen molar-refractivity contribution in [3.8, 4) is 5.75 Å². The van der Waals surface area contributed by atoms with Crippen LogP contribution in [0.3, 0.4) is 0 Å². The molecule has 0 bridgehead atoms. The van der Waals surface area contributed by atoms with Crippen molar-refractivity contribution in [2.24, 2.45) is 5.92 Å². The van der Waals surface area contributed by atoms with E-state index in [0.717, 1.165) is 6.07 Å². The van der Waals surface area contributed by atoms with Crippen LogP contribution in [0.15, 0.2) is 41.2 Å². The normalized spacial score (nSPS) is 14.4. The van der Waals surface area contributed by atoms with Crippen LogP contribution in [0.4, 0.5) is 8.78 Å². The van der Waals surface area contributed by atoms with Crippen molar-refractivity contribution in [1.82, 2.24) is 14.9 Å². The van der Waals surface area contributed by atoms with Gasteiger partial charge in [0.2, 0.25) is 5.91 Å². The number of nitrogens with one attached hydrogen (secondary N) is 1. The molecule has 2 heterocycles. The number of ketones is 1. The molecule has 1 amide bonds. The molecule has 0 atom stereocenters. The number of fused-ring (bicyclic) bond motifs is 1. The van der Waals surface area contributed by atoms with Gasteiger partial charge in [-0.1, -0.05) is 0 Å². The number of methoxy groups -OCH3 is 1. The molecule has 0 aliphatic carbocycles. The van der Waals surface area contributed by atoms with E-state index in [9.17, 15) is 23.2 Å². The maximum atomic E-state index is 14.0. The van der Waals surface area contributed by atoms with Gasteiger partial charge in [0.25, 0.3) is 5.56 Å². The summed E-state index contributed by atoms with van der Waals surface area (Å²) in [5.41, 5.74) is -0.162. The van der Waals surface area contributed by atoms with Crippen LogP contribution in [0.5, 0.6) is 5.75 Å². The molecule has 34 heavy (non-hydrogen) atoms. The van der Waals surface area contributed by atoms with Gasteiger partial charge in [-0.3, -0.25) is 14.4 Å². The van der Waals surface area contributed by atoms with Crippen molar-refractivity contribution in [2.45, 2.75) is 32.1 Å². The largest absolute Gasteiger partial charge is 0.497 e. The number of Topliss-reactive ketones (excluding diaryl/α,β-unsaturated/α-hetero) is 1. The number of hydrogen-bond acceptors (Lipinski definition) is 5. The SMILES string of the molecule is COc1ccc(C(=O)C2CCN(C(=O)CCCc3nc4c(F)cc(F)cc4c(=O)[nH]3)CC2)cc1. The quantitative estimate of drug-likeness (QED) is 0.534. The highest BCUT2D eigenvalue weighted by molar-refractivity contribution is 5.98. The summed E-state index contributed by atoms with van der Waals surface area (Å²) in [6, 6.07) is 8.66. The highest BCUT2D eigenvalue weighted by atomic mass is 19.1. The lowest BCUT2D eigenvalue weighted by Gasteiger charge is -2.31. The van der Waals surface area contributed by atoms with E-state index in [2.05, 4.69) is 9.97 Å². The summed E-state index contributed by atoms with van der Waals surface area (Å²) < 4.78 is 32.5. The third kappa shape index (κ3) is 5.13. The van der Waals surface area contributed by atoms with Crippen molar-refractivity contribution in [2.75, 3.05) is 20.2 Å². The van der Waals surface area contributed by atoms with Gasteiger partial charge >= 0.3 is 0 Å². The third-order valence-corrected chi connectivity index (χ3v) is 6.17. The van der Waals surface area contributed by atoms with Crippen molar-refractivity contribution in [3.05, 3.63) is 69.8 Å². The summed E-state index contributed by atoms with van der Waals surface area (Å²) >= 11 is 0. The van der Waals surface area contributed by atoms with Crippen molar-refractivity contribution in [3.63, 3.8) is 0 Å². The smallest absolute Gasteiger partial charge is 0.258 e. The number of halogens is 2. The van der Waals surface area contributed by atoms with E-state index in [1.54, 1.807) is 36.3 Å². The van der Waals surface area contributed by atoms with Crippen LogP contribution in [0.2, 0.25) is 0 Å². The average molecular weight is 469 g/mol. The number of aromatic nitrogens is 2. The number of likely N-dealkylation sites (tertiary alicyclic amines) is 1. The van der Waals surface area contributed by atoms with E-state index >= 15 is 0 Å². The highest BCUT2D eigenvalue weighted by Crippen LogP contribution is 2.24. The maximum Gasteiger partial charge on any atom is 0.258 e. The second-order valence-corrected chi connectivity index (χ2v) is 8.40. The standard InChI is InChI=1S/C25H25F2N3O4/c1-34-18-7-5-15(6-8-18)24(32)16-9-11-30(12-10-16)22(31)4-2-3-21-28-23-19(25(33)29-21)13-17(26)14-20(23)27/h5-8,13-14,16H,2-4,9-12H2,1H3,(H,28,29,33). The molecular weight excluding hydrogens is 444 g/mol. The number of carbonyl (C=O) groups is 2. The Kier molecular flexibility index (Phi) is 7.00. The molecule has 0 radical (unpaired) electrons. The molecule has 1 aliphatic heterocycles. The minimum Gasteiger partial charge on any atom is -0.497 e. The molecule has 1 saturated heterocycles. The van der Waals surface area contributed by atoms with Gasteiger partial charge in [-0.15, -0.1) is 0 Å². The first kappa shape index (κ1) is 23.5. The van der Waals surface area contributed by atoms with E-state index in [1.807, 2.05) is 0 Å². The number of carbonyl (C=O) groups excluding carboxylic acids is 2. The lowest BCUT2D eigenvalue weighted by Crippen LogP contribution is -2.40. The first-order valence-corrected chi connectivity index (χ1v) is 11.2. The molecular formula is C25H25F2N3O4. The van der Waals surface area contributed by atoms with E-state index in [4.69, 9.17) is 4.74 Å². The van der Waals surface area contributed by atoms with Gasteiger partial charge in [0.1, 0.15) is 22.9 Å². The van der Waals surface area contributed by atoms with Crippen LogP contribution in [-0.4, -0.2) is 46.8 Å². The predicted octanol–water partition coefficient (Wildman–Crippen LogP) is 3.65. The van der Waals surface area contributed by atoms with Crippen LogP contribution in [0.25, 0.3) is 10.9 Å². The molecule has 1 N–H and O–H groups in total. The van der Waals surface area contributed by atoms with Crippen molar-refractivity contribution < 1.29 is 23.1 Å². The Labute approximate surface area is 194 Å². The second-order valence-electron chi connectivity index (χ2n) is 8.40. The number of aryl methyl sites for hydroxylation is 1. The molecule has 4 rings (SSSR count). The molecule has 0 saturated carbocycles. The van der Waals surface area contributed by atoms with Crippen LogP contribution in [0, 0.1) is 17.6 Å².